The molecule has 1 aliphatic carbocycles. The van der Waals surface area contributed by atoms with Gasteiger partial charge in [0, 0.05) is 17.8 Å². The standard InChI is InChI=1S/C10H13NO2/c1-13-10-5-4-8(6-9(10)12)11-7-2-3-7/h4-7,11-12H,2-3H2,1H3. The molecule has 0 aromatic heterocycles. The van der Waals surface area contributed by atoms with Gasteiger partial charge in [0.1, 0.15) is 0 Å². The van der Waals surface area contributed by atoms with Gasteiger partial charge in [0.05, 0.1) is 7.11 Å². The van der Waals surface area contributed by atoms with E-state index in [2.05, 4.69) is 5.32 Å². The van der Waals surface area contributed by atoms with Gasteiger partial charge in [0.25, 0.3) is 0 Å². The molecule has 0 heterocycles. The van der Waals surface area contributed by atoms with E-state index in [-0.39, 0.29) is 5.75 Å². The molecular weight excluding hydrogens is 166 g/mol. The summed E-state index contributed by atoms with van der Waals surface area (Å²) in [6.45, 7) is 0. The number of phenols is 1. The van der Waals surface area contributed by atoms with Crippen LogP contribution in [-0.4, -0.2) is 18.3 Å². The Kier molecular flexibility index (Phi) is 2.00. The number of methoxy groups -OCH3 is 1. The predicted molar refractivity (Wildman–Crippen MR) is 51.3 cm³/mol. The summed E-state index contributed by atoms with van der Waals surface area (Å²) in [5.41, 5.74) is 0.959. The second-order valence-electron chi connectivity index (χ2n) is 3.31. The average Bonchev–Trinajstić information content (AvgIpc) is 2.89. The van der Waals surface area contributed by atoms with Crippen molar-refractivity contribution in [3.8, 4) is 11.5 Å². The number of anilines is 1. The number of rotatable bonds is 3. The molecule has 1 saturated carbocycles. The normalized spacial score (nSPS) is 15.5. The van der Waals surface area contributed by atoms with Gasteiger partial charge < -0.3 is 15.2 Å². The Balaban J connectivity index is 2.13. The predicted octanol–water partition coefficient (Wildman–Crippen LogP) is 1.98. The molecule has 0 unspecified atom stereocenters. The van der Waals surface area contributed by atoms with Crippen molar-refractivity contribution >= 4 is 5.69 Å². The number of aromatic hydroxyl groups is 1. The van der Waals surface area contributed by atoms with Gasteiger partial charge in [-0.15, -0.1) is 0 Å². The molecule has 1 aromatic carbocycles. The van der Waals surface area contributed by atoms with Gasteiger partial charge in [-0.05, 0) is 25.0 Å². The second kappa shape index (κ2) is 3.17. The summed E-state index contributed by atoms with van der Waals surface area (Å²) >= 11 is 0. The molecule has 2 N–H and O–H groups in total. The molecule has 3 nitrogen and oxygen atoms in total. The Morgan fingerprint density at radius 1 is 1.46 bits per heavy atom. The third kappa shape index (κ3) is 1.86. The Morgan fingerprint density at radius 3 is 2.77 bits per heavy atom. The Hall–Kier alpha value is -1.38. The number of nitrogens with one attached hydrogen (secondary N) is 1. The van der Waals surface area contributed by atoms with E-state index in [0.717, 1.165) is 5.69 Å². The minimum Gasteiger partial charge on any atom is -0.504 e. The summed E-state index contributed by atoms with van der Waals surface area (Å²) < 4.78 is 4.94. The highest BCUT2D eigenvalue weighted by Gasteiger charge is 2.20. The first-order valence-corrected chi connectivity index (χ1v) is 4.43. The number of phenolic OH excluding ortho intramolecular Hbond substituents is 1. The van der Waals surface area contributed by atoms with Crippen LogP contribution in [0.1, 0.15) is 12.8 Å². The van der Waals surface area contributed by atoms with Crippen molar-refractivity contribution in [3.05, 3.63) is 18.2 Å². The lowest BCUT2D eigenvalue weighted by atomic mass is 10.2. The first kappa shape index (κ1) is 8.23. The van der Waals surface area contributed by atoms with E-state index in [1.165, 1.54) is 12.8 Å². The molecule has 2 rings (SSSR count). The molecule has 0 aliphatic heterocycles. The van der Waals surface area contributed by atoms with E-state index >= 15 is 0 Å². The maximum absolute atomic E-state index is 9.46. The van der Waals surface area contributed by atoms with Crippen LogP contribution in [-0.2, 0) is 0 Å². The van der Waals surface area contributed by atoms with E-state index in [1.54, 1.807) is 19.2 Å². The van der Waals surface area contributed by atoms with E-state index < -0.39 is 0 Å². The molecule has 3 heteroatoms. The summed E-state index contributed by atoms with van der Waals surface area (Å²) in [4.78, 5) is 0. The summed E-state index contributed by atoms with van der Waals surface area (Å²) in [7, 11) is 1.54. The van der Waals surface area contributed by atoms with E-state index in [9.17, 15) is 5.11 Å². The lowest BCUT2D eigenvalue weighted by Gasteiger charge is -2.07. The summed E-state index contributed by atoms with van der Waals surface area (Å²) in [6.07, 6.45) is 2.46. The second-order valence-corrected chi connectivity index (χ2v) is 3.31. The number of benzene rings is 1. The van der Waals surface area contributed by atoms with Crippen LogP contribution in [0.5, 0.6) is 11.5 Å². The molecule has 0 saturated heterocycles. The zero-order chi connectivity index (χ0) is 9.26. The average molecular weight is 179 g/mol. The molecular formula is C10H13NO2. The van der Waals surface area contributed by atoms with E-state index in [4.69, 9.17) is 4.74 Å². The highest BCUT2D eigenvalue weighted by Crippen LogP contribution is 2.31. The molecule has 0 amide bonds. The van der Waals surface area contributed by atoms with Gasteiger partial charge in [0.15, 0.2) is 11.5 Å². The highest BCUT2D eigenvalue weighted by atomic mass is 16.5. The fourth-order valence-corrected chi connectivity index (χ4v) is 1.24. The van der Waals surface area contributed by atoms with Gasteiger partial charge in [-0.25, -0.2) is 0 Å². The van der Waals surface area contributed by atoms with Crippen LogP contribution in [0.4, 0.5) is 5.69 Å². The van der Waals surface area contributed by atoms with Crippen LogP contribution in [0.2, 0.25) is 0 Å². The Morgan fingerprint density at radius 2 is 2.23 bits per heavy atom. The minimum atomic E-state index is 0.188. The van der Waals surface area contributed by atoms with Crippen LogP contribution in [0.25, 0.3) is 0 Å². The maximum Gasteiger partial charge on any atom is 0.160 e. The minimum absolute atomic E-state index is 0.188. The fourth-order valence-electron chi connectivity index (χ4n) is 1.24. The summed E-state index contributed by atoms with van der Waals surface area (Å²) in [6, 6.07) is 5.97. The van der Waals surface area contributed by atoms with Gasteiger partial charge in [-0.2, -0.15) is 0 Å². The summed E-state index contributed by atoms with van der Waals surface area (Å²) in [5, 5.41) is 12.8. The third-order valence-corrected chi connectivity index (χ3v) is 2.13. The number of hydrogen-bond donors (Lipinski definition) is 2. The molecule has 1 fully saturated rings. The van der Waals surface area contributed by atoms with Crippen molar-refractivity contribution in [1.82, 2.24) is 0 Å². The van der Waals surface area contributed by atoms with Gasteiger partial charge in [0.2, 0.25) is 0 Å². The Labute approximate surface area is 77.3 Å². The lowest BCUT2D eigenvalue weighted by molar-refractivity contribution is 0.373. The van der Waals surface area contributed by atoms with Crippen LogP contribution in [0.3, 0.4) is 0 Å². The molecule has 0 radical (unpaired) electrons. The van der Waals surface area contributed by atoms with Crippen LogP contribution < -0.4 is 10.1 Å². The molecule has 13 heavy (non-hydrogen) atoms. The molecule has 1 aromatic rings. The van der Waals surface area contributed by atoms with Crippen molar-refractivity contribution in [2.24, 2.45) is 0 Å². The van der Waals surface area contributed by atoms with Crippen LogP contribution in [0, 0.1) is 0 Å². The fraction of sp³-hybridized carbons (Fsp3) is 0.400. The number of hydrogen-bond acceptors (Lipinski definition) is 3. The van der Waals surface area contributed by atoms with Gasteiger partial charge in [-0.1, -0.05) is 0 Å². The maximum atomic E-state index is 9.46. The Bertz CT molecular complexity index is 308. The van der Waals surface area contributed by atoms with Crippen molar-refractivity contribution in [2.45, 2.75) is 18.9 Å². The van der Waals surface area contributed by atoms with E-state index in [0.29, 0.717) is 11.8 Å². The largest absolute Gasteiger partial charge is 0.504 e. The first-order valence-electron chi connectivity index (χ1n) is 4.43. The number of ether oxygens (including phenoxy) is 1. The molecule has 0 atom stereocenters. The highest BCUT2D eigenvalue weighted by molar-refractivity contribution is 5.54. The zero-order valence-corrected chi connectivity index (χ0v) is 7.58. The van der Waals surface area contributed by atoms with Crippen molar-refractivity contribution < 1.29 is 9.84 Å². The zero-order valence-electron chi connectivity index (χ0n) is 7.58. The summed E-state index contributed by atoms with van der Waals surface area (Å²) in [5.74, 6) is 0.703. The van der Waals surface area contributed by atoms with Gasteiger partial charge in [-0.3, -0.25) is 0 Å². The SMILES string of the molecule is COc1ccc(NC2CC2)cc1O. The molecule has 70 valence electrons. The monoisotopic (exact) mass is 179 g/mol. The smallest absolute Gasteiger partial charge is 0.160 e. The molecule has 1 aliphatic rings. The first-order chi connectivity index (χ1) is 6.29. The van der Waals surface area contributed by atoms with Crippen molar-refractivity contribution in [1.29, 1.82) is 0 Å². The molecule has 0 bridgehead atoms. The third-order valence-electron chi connectivity index (χ3n) is 2.13. The van der Waals surface area contributed by atoms with Crippen molar-refractivity contribution in [3.63, 3.8) is 0 Å². The van der Waals surface area contributed by atoms with Crippen LogP contribution in [0.15, 0.2) is 18.2 Å². The molecule has 0 spiro atoms. The topological polar surface area (TPSA) is 41.5 Å². The van der Waals surface area contributed by atoms with E-state index in [1.807, 2.05) is 6.07 Å². The lowest BCUT2D eigenvalue weighted by Crippen LogP contribution is -2.00. The van der Waals surface area contributed by atoms with Crippen LogP contribution >= 0.6 is 0 Å². The van der Waals surface area contributed by atoms with Crippen molar-refractivity contribution in [2.75, 3.05) is 12.4 Å². The quantitative estimate of drug-likeness (QED) is 0.745. The van der Waals surface area contributed by atoms with Gasteiger partial charge >= 0.3 is 0 Å².